The Morgan fingerprint density at radius 3 is 2.68 bits per heavy atom. The average Bonchev–Trinajstić information content (AvgIpc) is 2.34. The molecule has 1 heterocycles. The van der Waals surface area contributed by atoms with Crippen molar-refractivity contribution in [1.82, 2.24) is 4.90 Å². The second kappa shape index (κ2) is 6.38. The molecule has 1 amide bonds. The maximum atomic E-state index is 13.6. The molecular weight excluding hydrogens is 285 g/mol. The third kappa shape index (κ3) is 4.23. The van der Waals surface area contributed by atoms with Gasteiger partial charge in [0.05, 0.1) is 6.61 Å². The van der Waals surface area contributed by atoms with E-state index in [1.807, 2.05) is 20.8 Å². The summed E-state index contributed by atoms with van der Waals surface area (Å²) in [6, 6.07) is 4.69. The first-order chi connectivity index (χ1) is 10.3. The number of carbonyl (C=O) groups is 1. The van der Waals surface area contributed by atoms with E-state index >= 15 is 0 Å². The monoisotopic (exact) mass is 307 g/mol. The van der Waals surface area contributed by atoms with Crippen molar-refractivity contribution < 1.29 is 18.7 Å². The standard InChI is InChI=1S/C17H22FNO3/c1-5-13-6-7-14(8-15(13)18)21-11-12-9-19(10-12)16(20)22-17(2,3)4/h5-8,12H,1,9-11H2,2-4H3. The van der Waals surface area contributed by atoms with E-state index in [4.69, 9.17) is 9.47 Å². The van der Waals surface area contributed by atoms with E-state index in [-0.39, 0.29) is 17.8 Å². The molecule has 120 valence electrons. The van der Waals surface area contributed by atoms with Crippen LogP contribution in [0.1, 0.15) is 26.3 Å². The molecule has 1 aliphatic rings. The van der Waals surface area contributed by atoms with Crippen LogP contribution in [-0.4, -0.2) is 36.3 Å². The summed E-state index contributed by atoms with van der Waals surface area (Å²) < 4.78 is 24.4. The minimum absolute atomic E-state index is 0.245. The summed E-state index contributed by atoms with van der Waals surface area (Å²) in [7, 11) is 0. The fourth-order valence-electron chi connectivity index (χ4n) is 2.13. The number of nitrogens with zero attached hydrogens (tertiary/aromatic N) is 1. The highest BCUT2D eigenvalue weighted by molar-refractivity contribution is 5.69. The summed E-state index contributed by atoms with van der Waals surface area (Å²) in [5.74, 6) is 0.380. The molecule has 0 spiro atoms. The molecule has 0 aromatic heterocycles. The van der Waals surface area contributed by atoms with Crippen LogP contribution < -0.4 is 4.74 Å². The highest BCUT2D eigenvalue weighted by atomic mass is 19.1. The van der Waals surface area contributed by atoms with Crippen molar-refractivity contribution in [3.8, 4) is 5.75 Å². The van der Waals surface area contributed by atoms with Crippen molar-refractivity contribution in [3.05, 3.63) is 36.2 Å². The number of hydrogen-bond donors (Lipinski definition) is 0. The first kappa shape index (κ1) is 16.3. The number of halogens is 1. The van der Waals surface area contributed by atoms with Crippen LogP contribution >= 0.6 is 0 Å². The van der Waals surface area contributed by atoms with Crippen molar-refractivity contribution >= 4 is 12.2 Å². The number of amides is 1. The molecule has 0 unspecified atom stereocenters. The lowest BCUT2D eigenvalue weighted by Gasteiger charge is -2.39. The van der Waals surface area contributed by atoms with Gasteiger partial charge in [0.25, 0.3) is 0 Å². The van der Waals surface area contributed by atoms with Crippen molar-refractivity contribution in [3.63, 3.8) is 0 Å². The SMILES string of the molecule is C=Cc1ccc(OCC2CN(C(=O)OC(C)(C)C)C2)cc1F. The Kier molecular flexibility index (Phi) is 4.74. The second-order valence-corrected chi connectivity index (χ2v) is 6.45. The molecule has 22 heavy (non-hydrogen) atoms. The number of ether oxygens (including phenoxy) is 2. The van der Waals surface area contributed by atoms with Crippen LogP contribution in [0.2, 0.25) is 0 Å². The summed E-state index contributed by atoms with van der Waals surface area (Å²) in [5.41, 5.74) is -0.0320. The molecule has 0 atom stereocenters. The van der Waals surface area contributed by atoms with Crippen molar-refractivity contribution in [2.45, 2.75) is 26.4 Å². The van der Waals surface area contributed by atoms with Crippen LogP contribution in [0.25, 0.3) is 6.08 Å². The van der Waals surface area contributed by atoms with Gasteiger partial charge in [0.15, 0.2) is 0 Å². The summed E-state index contributed by atoms with van der Waals surface area (Å²) in [6.45, 7) is 10.7. The smallest absolute Gasteiger partial charge is 0.410 e. The Labute approximate surface area is 130 Å². The zero-order valence-electron chi connectivity index (χ0n) is 13.3. The third-order valence-electron chi connectivity index (χ3n) is 3.29. The molecule has 1 aliphatic heterocycles. The fourth-order valence-corrected chi connectivity index (χ4v) is 2.13. The largest absolute Gasteiger partial charge is 0.493 e. The van der Waals surface area contributed by atoms with Gasteiger partial charge < -0.3 is 14.4 Å². The zero-order chi connectivity index (χ0) is 16.3. The van der Waals surface area contributed by atoms with Crippen LogP contribution in [0.15, 0.2) is 24.8 Å². The first-order valence-electron chi connectivity index (χ1n) is 7.31. The predicted octanol–water partition coefficient (Wildman–Crippen LogP) is 3.71. The Hall–Kier alpha value is -2.04. The quantitative estimate of drug-likeness (QED) is 0.851. The first-order valence-corrected chi connectivity index (χ1v) is 7.31. The molecule has 1 fully saturated rings. The molecule has 0 saturated carbocycles. The van der Waals surface area contributed by atoms with Crippen LogP contribution in [0.4, 0.5) is 9.18 Å². The summed E-state index contributed by atoms with van der Waals surface area (Å²) in [6.07, 6.45) is 1.16. The minimum atomic E-state index is -0.483. The van der Waals surface area contributed by atoms with Gasteiger partial charge in [0, 0.05) is 30.6 Å². The molecule has 1 aromatic carbocycles. The van der Waals surface area contributed by atoms with Gasteiger partial charge in [-0.05, 0) is 32.9 Å². The number of hydrogen-bond acceptors (Lipinski definition) is 3. The maximum Gasteiger partial charge on any atom is 0.410 e. The molecule has 0 radical (unpaired) electrons. The van der Waals surface area contributed by atoms with E-state index in [1.165, 1.54) is 12.1 Å². The normalized spacial score (nSPS) is 15.2. The average molecular weight is 307 g/mol. The maximum absolute atomic E-state index is 13.6. The van der Waals surface area contributed by atoms with Crippen molar-refractivity contribution in [2.24, 2.45) is 5.92 Å². The highest BCUT2D eigenvalue weighted by Crippen LogP contribution is 2.22. The summed E-state index contributed by atoms with van der Waals surface area (Å²) in [4.78, 5) is 13.4. The molecule has 1 saturated heterocycles. The van der Waals surface area contributed by atoms with E-state index in [9.17, 15) is 9.18 Å². The number of rotatable bonds is 4. The van der Waals surface area contributed by atoms with E-state index in [1.54, 1.807) is 17.0 Å². The predicted molar refractivity (Wildman–Crippen MR) is 83.3 cm³/mol. The van der Waals surface area contributed by atoms with Crippen molar-refractivity contribution in [1.29, 1.82) is 0 Å². The lowest BCUT2D eigenvalue weighted by atomic mass is 10.0. The zero-order valence-corrected chi connectivity index (χ0v) is 13.3. The molecule has 0 bridgehead atoms. The summed E-state index contributed by atoms with van der Waals surface area (Å²) in [5, 5.41) is 0. The Balaban J connectivity index is 1.75. The van der Waals surface area contributed by atoms with E-state index in [2.05, 4.69) is 6.58 Å². The topological polar surface area (TPSA) is 38.8 Å². The van der Waals surface area contributed by atoms with Crippen LogP contribution in [0.5, 0.6) is 5.75 Å². The number of carbonyl (C=O) groups excluding carboxylic acids is 1. The minimum Gasteiger partial charge on any atom is -0.493 e. The molecular formula is C17H22FNO3. The molecule has 0 N–H and O–H groups in total. The van der Waals surface area contributed by atoms with Crippen LogP contribution in [0, 0.1) is 11.7 Å². The number of likely N-dealkylation sites (tertiary alicyclic amines) is 1. The molecule has 0 aliphatic carbocycles. The Morgan fingerprint density at radius 1 is 1.45 bits per heavy atom. The fraction of sp³-hybridized carbons (Fsp3) is 0.471. The Bertz CT molecular complexity index is 560. The van der Waals surface area contributed by atoms with E-state index in [0.717, 1.165) is 0 Å². The van der Waals surface area contributed by atoms with E-state index < -0.39 is 5.60 Å². The van der Waals surface area contributed by atoms with Gasteiger partial charge in [-0.1, -0.05) is 12.7 Å². The Morgan fingerprint density at radius 2 is 2.14 bits per heavy atom. The van der Waals surface area contributed by atoms with Crippen molar-refractivity contribution in [2.75, 3.05) is 19.7 Å². The lowest BCUT2D eigenvalue weighted by molar-refractivity contribution is -0.00782. The molecule has 2 rings (SSSR count). The highest BCUT2D eigenvalue weighted by Gasteiger charge is 2.34. The van der Waals surface area contributed by atoms with Gasteiger partial charge in [-0.2, -0.15) is 0 Å². The van der Waals surface area contributed by atoms with Crippen LogP contribution in [-0.2, 0) is 4.74 Å². The van der Waals surface area contributed by atoms with E-state index in [0.29, 0.717) is 31.0 Å². The van der Waals surface area contributed by atoms with Gasteiger partial charge in [-0.15, -0.1) is 0 Å². The van der Waals surface area contributed by atoms with Gasteiger partial charge in [0.2, 0.25) is 0 Å². The van der Waals surface area contributed by atoms with Crippen LogP contribution in [0.3, 0.4) is 0 Å². The molecule has 5 heteroatoms. The molecule has 1 aromatic rings. The second-order valence-electron chi connectivity index (χ2n) is 6.45. The molecule has 4 nitrogen and oxygen atoms in total. The van der Waals surface area contributed by atoms with Gasteiger partial charge in [0.1, 0.15) is 17.2 Å². The van der Waals surface area contributed by atoms with Gasteiger partial charge in [-0.25, -0.2) is 9.18 Å². The van der Waals surface area contributed by atoms with Gasteiger partial charge in [-0.3, -0.25) is 0 Å². The van der Waals surface area contributed by atoms with Gasteiger partial charge >= 0.3 is 6.09 Å². The lowest BCUT2D eigenvalue weighted by Crippen LogP contribution is -2.53. The third-order valence-corrected chi connectivity index (χ3v) is 3.29. The summed E-state index contributed by atoms with van der Waals surface area (Å²) >= 11 is 0. The number of benzene rings is 1.